The Bertz CT molecular complexity index is 979. The molecule has 2 aromatic carbocycles. The van der Waals surface area contributed by atoms with Crippen molar-refractivity contribution >= 4 is 11.6 Å². The number of aryl methyl sites for hydroxylation is 2. The summed E-state index contributed by atoms with van der Waals surface area (Å²) in [5.74, 6) is -0.320. The van der Waals surface area contributed by atoms with E-state index in [4.69, 9.17) is 0 Å². The van der Waals surface area contributed by atoms with Crippen molar-refractivity contribution in [3.05, 3.63) is 83.2 Å². The molecule has 0 unspecified atom stereocenters. The van der Waals surface area contributed by atoms with Crippen LogP contribution in [0.5, 0.6) is 0 Å². The van der Waals surface area contributed by atoms with Gasteiger partial charge in [-0.05, 0) is 55.3 Å². The quantitative estimate of drug-likeness (QED) is 0.649. The number of aromatic nitrogens is 1. The first-order valence-electron chi connectivity index (χ1n) is 8.27. The number of carbonyl (C=O) groups excluding carboxylic acids is 1. The Morgan fingerprint density at radius 1 is 1.00 bits per heavy atom. The molecule has 1 amide bonds. The van der Waals surface area contributed by atoms with Crippen LogP contribution in [0.25, 0.3) is 11.1 Å². The number of hydrogen-bond donors (Lipinski definition) is 1. The Morgan fingerprint density at radius 3 is 2.33 bits per heavy atom. The van der Waals surface area contributed by atoms with E-state index in [1.807, 2.05) is 0 Å². The van der Waals surface area contributed by atoms with Crippen molar-refractivity contribution in [3.8, 4) is 11.1 Å². The lowest BCUT2D eigenvalue weighted by molar-refractivity contribution is -0.137. The summed E-state index contributed by atoms with van der Waals surface area (Å²) in [4.78, 5) is 16.4. The van der Waals surface area contributed by atoms with Gasteiger partial charge in [-0.1, -0.05) is 29.8 Å². The van der Waals surface area contributed by atoms with E-state index < -0.39 is 11.7 Å². The third-order valence-electron chi connectivity index (χ3n) is 4.19. The average molecular weight is 370 g/mol. The minimum atomic E-state index is -4.44. The minimum absolute atomic E-state index is 0.114. The number of hydrogen-bond acceptors (Lipinski definition) is 2. The molecule has 6 heteroatoms. The lowest BCUT2D eigenvalue weighted by Crippen LogP contribution is -2.13. The van der Waals surface area contributed by atoms with Gasteiger partial charge < -0.3 is 5.32 Å². The molecule has 138 valence electrons. The Kier molecular flexibility index (Phi) is 4.99. The van der Waals surface area contributed by atoms with Crippen molar-refractivity contribution < 1.29 is 18.0 Å². The van der Waals surface area contributed by atoms with Crippen molar-refractivity contribution in [2.45, 2.75) is 20.0 Å². The van der Waals surface area contributed by atoms with E-state index in [1.54, 1.807) is 56.4 Å². The number of alkyl halides is 3. The average Bonchev–Trinajstić information content (AvgIpc) is 2.61. The standard InChI is InChI=1S/C21H17F3N2O/c1-13-5-10-19(21(22,23)24)18(12-13)15-6-8-16(9-7-15)26-20(27)17-4-3-11-25-14(17)2/h3-12H,1-2H3,(H,26,27). The molecule has 0 aliphatic heterocycles. The first kappa shape index (κ1) is 18.6. The van der Waals surface area contributed by atoms with Gasteiger partial charge in [0.2, 0.25) is 0 Å². The molecule has 0 aliphatic carbocycles. The van der Waals surface area contributed by atoms with Gasteiger partial charge in [0.05, 0.1) is 11.1 Å². The number of rotatable bonds is 3. The molecule has 0 atom stereocenters. The Balaban J connectivity index is 1.88. The van der Waals surface area contributed by atoms with E-state index in [2.05, 4.69) is 10.3 Å². The maximum absolute atomic E-state index is 13.3. The monoisotopic (exact) mass is 370 g/mol. The smallest absolute Gasteiger partial charge is 0.322 e. The van der Waals surface area contributed by atoms with Gasteiger partial charge in [0.25, 0.3) is 5.91 Å². The van der Waals surface area contributed by atoms with E-state index in [-0.39, 0.29) is 11.5 Å². The molecule has 0 fully saturated rings. The molecule has 0 radical (unpaired) electrons. The number of carbonyl (C=O) groups is 1. The van der Waals surface area contributed by atoms with Gasteiger partial charge in [-0.15, -0.1) is 0 Å². The summed E-state index contributed by atoms with van der Waals surface area (Å²) in [5.41, 5.74) is 2.14. The van der Waals surface area contributed by atoms with Crippen molar-refractivity contribution in [2.24, 2.45) is 0 Å². The van der Waals surface area contributed by atoms with Crippen LogP contribution in [0.1, 0.15) is 27.2 Å². The normalized spacial score (nSPS) is 11.3. The number of nitrogens with one attached hydrogen (secondary N) is 1. The second-order valence-electron chi connectivity index (χ2n) is 6.21. The molecule has 3 aromatic rings. The summed E-state index contributed by atoms with van der Waals surface area (Å²) < 4.78 is 39.8. The highest BCUT2D eigenvalue weighted by atomic mass is 19.4. The zero-order valence-electron chi connectivity index (χ0n) is 14.8. The molecule has 0 spiro atoms. The highest BCUT2D eigenvalue weighted by Gasteiger charge is 2.33. The van der Waals surface area contributed by atoms with Crippen LogP contribution in [0, 0.1) is 13.8 Å². The van der Waals surface area contributed by atoms with Crippen molar-refractivity contribution in [1.82, 2.24) is 4.98 Å². The molecule has 0 saturated carbocycles. The van der Waals surface area contributed by atoms with Crippen LogP contribution < -0.4 is 5.32 Å². The van der Waals surface area contributed by atoms with Crippen LogP contribution >= 0.6 is 0 Å². The van der Waals surface area contributed by atoms with Crippen LogP contribution in [0.3, 0.4) is 0 Å². The Hall–Kier alpha value is -3.15. The van der Waals surface area contributed by atoms with E-state index in [1.165, 1.54) is 12.1 Å². The highest BCUT2D eigenvalue weighted by Crippen LogP contribution is 2.37. The number of benzene rings is 2. The molecule has 0 aliphatic rings. The van der Waals surface area contributed by atoms with Crippen LogP contribution in [-0.2, 0) is 6.18 Å². The van der Waals surface area contributed by atoms with Gasteiger partial charge >= 0.3 is 6.18 Å². The molecule has 27 heavy (non-hydrogen) atoms. The van der Waals surface area contributed by atoms with E-state index in [9.17, 15) is 18.0 Å². The van der Waals surface area contributed by atoms with Gasteiger partial charge in [0.15, 0.2) is 0 Å². The molecule has 1 N–H and O–H groups in total. The van der Waals surface area contributed by atoms with Crippen LogP contribution in [0.15, 0.2) is 60.8 Å². The summed E-state index contributed by atoms with van der Waals surface area (Å²) in [6.45, 7) is 3.48. The third-order valence-corrected chi connectivity index (χ3v) is 4.19. The number of amides is 1. The van der Waals surface area contributed by atoms with Gasteiger partial charge in [0.1, 0.15) is 0 Å². The SMILES string of the molecule is Cc1ccc(C(F)(F)F)c(-c2ccc(NC(=O)c3cccnc3C)cc2)c1. The van der Waals surface area contributed by atoms with E-state index in [0.717, 1.165) is 11.6 Å². The third kappa shape index (κ3) is 4.16. The number of anilines is 1. The van der Waals surface area contributed by atoms with Crippen molar-refractivity contribution in [2.75, 3.05) is 5.32 Å². The molecular weight excluding hydrogens is 353 g/mol. The fourth-order valence-electron chi connectivity index (χ4n) is 2.80. The lowest BCUT2D eigenvalue weighted by atomic mass is 9.97. The lowest BCUT2D eigenvalue weighted by Gasteiger charge is -2.14. The van der Waals surface area contributed by atoms with Gasteiger partial charge in [-0.3, -0.25) is 9.78 Å². The Labute approximate surface area is 154 Å². The Morgan fingerprint density at radius 2 is 1.70 bits per heavy atom. The predicted molar refractivity (Wildman–Crippen MR) is 98.5 cm³/mol. The van der Waals surface area contributed by atoms with Crippen LogP contribution in [0.4, 0.5) is 18.9 Å². The fourth-order valence-corrected chi connectivity index (χ4v) is 2.80. The largest absolute Gasteiger partial charge is 0.417 e. The summed E-state index contributed by atoms with van der Waals surface area (Å²) in [6, 6.07) is 13.7. The van der Waals surface area contributed by atoms with Gasteiger partial charge in [0, 0.05) is 17.6 Å². The maximum Gasteiger partial charge on any atom is 0.417 e. The molecule has 1 heterocycles. The first-order valence-corrected chi connectivity index (χ1v) is 8.27. The summed E-state index contributed by atoms with van der Waals surface area (Å²) in [7, 11) is 0. The first-order chi connectivity index (χ1) is 12.8. The zero-order chi connectivity index (χ0) is 19.6. The molecule has 0 saturated heterocycles. The molecule has 0 bridgehead atoms. The predicted octanol–water partition coefficient (Wildman–Crippen LogP) is 5.64. The number of pyridine rings is 1. The molecule has 3 rings (SSSR count). The van der Waals surface area contributed by atoms with Gasteiger partial charge in [-0.25, -0.2) is 0 Å². The van der Waals surface area contributed by atoms with E-state index >= 15 is 0 Å². The topological polar surface area (TPSA) is 42.0 Å². The number of nitrogens with zero attached hydrogens (tertiary/aromatic N) is 1. The summed E-state index contributed by atoms with van der Waals surface area (Å²) >= 11 is 0. The minimum Gasteiger partial charge on any atom is -0.322 e. The van der Waals surface area contributed by atoms with Gasteiger partial charge in [-0.2, -0.15) is 13.2 Å². The molecular formula is C21H17F3N2O. The fraction of sp³-hybridized carbons (Fsp3) is 0.143. The second kappa shape index (κ2) is 7.23. The van der Waals surface area contributed by atoms with Crippen molar-refractivity contribution in [1.29, 1.82) is 0 Å². The molecule has 3 nitrogen and oxygen atoms in total. The summed E-state index contributed by atoms with van der Waals surface area (Å²) in [6.07, 6.45) is -2.84. The van der Waals surface area contributed by atoms with Crippen LogP contribution in [-0.4, -0.2) is 10.9 Å². The maximum atomic E-state index is 13.3. The van der Waals surface area contributed by atoms with Crippen LogP contribution in [0.2, 0.25) is 0 Å². The zero-order valence-corrected chi connectivity index (χ0v) is 14.8. The summed E-state index contributed by atoms with van der Waals surface area (Å²) in [5, 5.41) is 2.73. The molecule has 1 aromatic heterocycles. The van der Waals surface area contributed by atoms with E-state index in [0.29, 0.717) is 22.5 Å². The van der Waals surface area contributed by atoms with Crippen molar-refractivity contribution in [3.63, 3.8) is 0 Å². The number of halogens is 3. The second-order valence-corrected chi connectivity index (χ2v) is 6.21. The highest BCUT2D eigenvalue weighted by molar-refractivity contribution is 6.05.